The topological polar surface area (TPSA) is 96.0 Å². The second-order valence-corrected chi connectivity index (χ2v) is 12.6. The summed E-state index contributed by atoms with van der Waals surface area (Å²) in [7, 11) is -4.18. The molecule has 0 spiro atoms. The molecule has 1 unspecified atom stereocenters. The van der Waals surface area contributed by atoms with Crippen LogP contribution >= 0.6 is 0 Å². The van der Waals surface area contributed by atoms with Crippen molar-refractivity contribution in [2.45, 2.75) is 51.1 Å². The molecule has 0 saturated carbocycles. The molecule has 4 aromatic carbocycles. The van der Waals surface area contributed by atoms with E-state index < -0.39 is 28.5 Å². The Morgan fingerprint density at radius 3 is 2.07 bits per heavy atom. The van der Waals surface area contributed by atoms with Crippen molar-refractivity contribution in [3.8, 4) is 5.75 Å². The van der Waals surface area contributed by atoms with Gasteiger partial charge in [-0.05, 0) is 73.4 Å². The van der Waals surface area contributed by atoms with Crippen LogP contribution in [-0.2, 0) is 32.6 Å². The van der Waals surface area contributed by atoms with Crippen molar-refractivity contribution in [1.29, 1.82) is 0 Å². The van der Waals surface area contributed by atoms with Crippen LogP contribution in [0.5, 0.6) is 5.75 Å². The average molecular weight is 628 g/mol. The van der Waals surface area contributed by atoms with Crippen molar-refractivity contribution < 1.29 is 22.7 Å². The van der Waals surface area contributed by atoms with Crippen molar-refractivity contribution in [3.05, 3.63) is 126 Å². The minimum Gasteiger partial charge on any atom is -0.494 e. The highest BCUT2D eigenvalue weighted by Gasteiger charge is 2.34. The lowest BCUT2D eigenvalue weighted by atomic mass is 10.0. The van der Waals surface area contributed by atoms with Gasteiger partial charge in [0.15, 0.2) is 0 Å². The Bertz CT molecular complexity index is 1650. The molecule has 0 heterocycles. The van der Waals surface area contributed by atoms with Crippen LogP contribution in [0.15, 0.2) is 114 Å². The molecule has 2 amide bonds. The van der Waals surface area contributed by atoms with Crippen LogP contribution in [0.3, 0.4) is 0 Å². The minimum absolute atomic E-state index is 0.0228. The van der Waals surface area contributed by atoms with Crippen LogP contribution in [0, 0.1) is 6.92 Å². The summed E-state index contributed by atoms with van der Waals surface area (Å²) < 4.78 is 34.9. The first kappa shape index (κ1) is 33.3. The first-order valence-corrected chi connectivity index (χ1v) is 16.6. The summed E-state index contributed by atoms with van der Waals surface area (Å²) in [6.07, 6.45) is 1.00. The van der Waals surface area contributed by atoms with Crippen LogP contribution in [0.1, 0.15) is 37.0 Å². The van der Waals surface area contributed by atoms with Gasteiger partial charge in [0.1, 0.15) is 18.3 Å². The molecule has 8 nitrogen and oxygen atoms in total. The normalized spacial score (nSPS) is 11.8. The van der Waals surface area contributed by atoms with Gasteiger partial charge >= 0.3 is 0 Å². The van der Waals surface area contributed by atoms with Gasteiger partial charge in [0, 0.05) is 19.5 Å². The highest BCUT2D eigenvalue weighted by molar-refractivity contribution is 7.92. The van der Waals surface area contributed by atoms with Crippen LogP contribution in [0.25, 0.3) is 0 Å². The maximum Gasteiger partial charge on any atom is 0.264 e. The van der Waals surface area contributed by atoms with Crippen LogP contribution in [-0.4, -0.2) is 50.9 Å². The Balaban J connectivity index is 1.77. The number of nitrogens with zero attached hydrogens (tertiary/aromatic N) is 2. The Morgan fingerprint density at radius 2 is 1.44 bits per heavy atom. The number of hydrogen-bond acceptors (Lipinski definition) is 5. The summed E-state index contributed by atoms with van der Waals surface area (Å²) in [5.41, 5.74) is 3.06. The molecule has 0 radical (unpaired) electrons. The summed E-state index contributed by atoms with van der Waals surface area (Å²) in [5.74, 6) is -0.238. The van der Waals surface area contributed by atoms with Crippen molar-refractivity contribution in [3.63, 3.8) is 0 Å². The average Bonchev–Trinajstić information content (AvgIpc) is 3.06. The highest BCUT2D eigenvalue weighted by Crippen LogP contribution is 2.26. The Hall–Kier alpha value is -4.63. The second kappa shape index (κ2) is 15.9. The molecule has 4 rings (SSSR count). The van der Waals surface area contributed by atoms with Crippen LogP contribution < -0.4 is 14.4 Å². The molecule has 0 bridgehead atoms. The number of carbonyl (C=O) groups excluding carboxylic acids is 2. The lowest BCUT2D eigenvalue weighted by molar-refractivity contribution is -0.140. The van der Waals surface area contributed by atoms with Gasteiger partial charge in [-0.3, -0.25) is 13.9 Å². The molecule has 0 aromatic heterocycles. The maximum absolute atomic E-state index is 14.5. The van der Waals surface area contributed by atoms with E-state index in [1.54, 1.807) is 42.5 Å². The standard InChI is InChI=1S/C36H41N3O5S/c1-4-24-37-36(41)34(25-29-15-8-6-9-16-29)38(26-30-17-13-12-14-28(30)3)35(40)27-39(31-18-10-7-11-19-31)45(42,43)33-22-20-32(21-23-33)44-5-2/h6-23,34H,4-5,24-27H2,1-3H3,(H,37,41). The molecule has 236 valence electrons. The van der Waals surface area contributed by atoms with E-state index in [0.717, 1.165) is 27.4 Å². The van der Waals surface area contributed by atoms with E-state index in [0.29, 0.717) is 24.6 Å². The fourth-order valence-electron chi connectivity index (χ4n) is 5.02. The zero-order valence-corrected chi connectivity index (χ0v) is 26.9. The fourth-order valence-corrected chi connectivity index (χ4v) is 6.43. The molecule has 0 aliphatic carbocycles. The fraction of sp³-hybridized carbons (Fsp3) is 0.278. The van der Waals surface area contributed by atoms with Crippen molar-refractivity contribution in [2.24, 2.45) is 0 Å². The molecule has 1 N–H and O–H groups in total. The van der Waals surface area contributed by atoms with Crippen molar-refractivity contribution >= 4 is 27.5 Å². The van der Waals surface area contributed by atoms with Gasteiger partial charge < -0.3 is 15.0 Å². The number of amides is 2. The highest BCUT2D eigenvalue weighted by atomic mass is 32.2. The van der Waals surface area contributed by atoms with E-state index in [1.807, 2.05) is 75.4 Å². The smallest absolute Gasteiger partial charge is 0.264 e. The molecule has 0 saturated heterocycles. The third-order valence-electron chi connectivity index (χ3n) is 7.47. The number of anilines is 1. The zero-order valence-electron chi connectivity index (χ0n) is 26.1. The molecule has 45 heavy (non-hydrogen) atoms. The summed E-state index contributed by atoms with van der Waals surface area (Å²) in [5, 5.41) is 2.97. The Morgan fingerprint density at radius 1 is 0.822 bits per heavy atom. The number of benzene rings is 4. The SMILES string of the molecule is CCCNC(=O)C(Cc1ccccc1)N(Cc1ccccc1C)C(=O)CN(c1ccccc1)S(=O)(=O)c1ccc(OCC)cc1. The number of hydrogen-bond donors (Lipinski definition) is 1. The molecular weight excluding hydrogens is 586 g/mol. The summed E-state index contributed by atoms with van der Waals surface area (Å²) in [6, 6.07) is 31.0. The predicted octanol–water partition coefficient (Wildman–Crippen LogP) is 5.76. The zero-order chi connectivity index (χ0) is 32.2. The molecule has 0 aliphatic heterocycles. The second-order valence-electron chi connectivity index (χ2n) is 10.7. The molecule has 9 heteroatoms. The van der Waals surface area contributed by atoms with Crippen LogP contribution in [0.2, 0.25) is 0 Å². The number of sulfonamides is 1. The predicted molar refractivity (Wildman–Crippen MR) is 178 cm³/mol. The molecule has 0 aliphatic rings. The maximum atomic E-state index is 14.5. The third-order valence-corrected chi connectivity index (χ3v) is 9.26. The first-order valence-electron chi connectivity index (χ1n) is 15.2. The van der Waals surface area contributed by atoms with Gasteiger partial charge in [0.05, 0.1) is 17.2 Å². The van der Waals surface area contributed by atoms with E-state index >= 15 is 0 Å². The van der Waals surface area contributed by atoms with Crippen LogP contribution in [0.4, 0.5) is 5.69 Å². The number of carbonyl (C=O) groups is 2. The monoisotopic (exact) mass is 627 g/mol. The number of para-hydroxylation sites is 1. The number of aryl methyl sites for hydroxylation is 1. The lowest BCUT2D eigenvalue weighted by Crippen LogP contribution is -2.53. The number of rotatable bonds is 15. The van der Waals surface area contributed by atoms with Gasteiger partial charge in [-0.2, -0.15) is 0 Å². The molecular formula is C36H41N3O5S. The minimum atomic E-state index is -4.18. The van der Waals surface area contributed by atoms with Crippen molar-refractivity contribution in [1.82, 2.24) is 10.2 Å². The van der Waals surface area contributed by atoms with Gasteiger partial charge in [0.2, 0.25) is 11.8 Å². The van der Waals surface area contributed by atoms with E-state index in [4.69, 9.17) is 4.74 Å². The van der Waals surface area contributed by atoms with Gasteiger partial charge in [0.25, 0.3) is 10.0 Å². The van der Waals surface area contributed by atoms with Gasteiger partial charge in [-0.1, -0.05) is 79.7 Å². The van der Waals surface area contributed by atoms with E-state index in [-0.39, 0.29) is 23.8 Å². The molecule has 1 atom stereocenters. The molecule has 0 fully saturated rings. The van der Waals surface area contributed by atoms with E-state index in [2.05, 4.69) is 5.32 Å². The third kappa shape index (κ3) is 8.73. The number of nitrogens with one attached hydrogen (secondary N) is 1. The molecule has 4 aromatic rings. The van der Waals surface area contributed by atoms with E-state index in [9.17, 15) is 18.0 Å². The first-order chi connectivity index (χ1) is 21.7. The largest absolute Gasteiger partial charge is 0.494 e. The summed E-state index contributed by atoms with van der Waals surface area (Å²) >= 11 is 0. The van der Waals surface area contributed by atoms with Crippen molar-refractivity contribution in [2.75, 3.05) is 24.0 Å². The Kier molecular flexibility index (Phi) is 11.8. The van der Waals surface area contributed by atoms with E-state index in [1.165, 1.54) is 17.0 Å². The van der Waals surface area contributed by atoms with Gasteiger partial charge in [-0.15, -0.1) is 0 Å². The summed E-state index contributed by atoms with van der Waals surface area (Å²) in [6.45, 7) is 6.30. The lowest BCUT2D eigenvalue weighted by Gasteiger charge is -2.34. The number of ether oxygens (including phenoxy) is 1. The Labute approximate surface area is 266 Å². The summed E-state index contributed by atoms with van der Waals surface area (Å²) in [4.78, 5) is 29.8. The van der Waals surface area contributed by atoms with Gasteiger partial charge in [-0.25, -0.2) is 8.42 Å². The quantitative estimate of drug-likeness (QED) is 0.181.